The lowest BCUT2D eigenvalue weighted by molar-refractivity contribution is -0.192. The molecule has 2 N–H and O–H groups in total. The van der Waals surface area contributed by atoms with Gasteiger partial charge >= 0.3 is 23.8 Å². The van der Waals surface area contributed by atoms with Crippen LogP contribution < -0.4 is 21.5 Å². The number of carbonyl (C=O) groups excluding carboxylic acids is 1. The minimum Gasteiger partial charge on any atom is -0.475 e. The Morgan fingerprint density at radius 1 is 1.22 bits per heavy atom. The Labute approximate surface area is 203 Å². The van der Waals surface area contributed by atoms with E-state index in [2.05, 4.69) is 15.2 Å². The first-order valence-corrected chi connectivity index (χ1v) is 10.9. The van der Waals surface area contributed by atoms with Crippen molar-refractivity contribution in [1.82, 2.24) is 24.0 Å². The van der Waals surface area contributed by atoms with Crippen LogP contribution in [0.4, 0.5) is 19.1 Å². The summed E-state index contributed by atoms with van der Waals surface area (Å²) in [6.45, 7) is 9.01. The summed E-state index contributed by atoms with van der Waals surface area (Å²) in [7, 11) is 2.79. The van der Waals surface area contributed by atoms with Crippen LogP contribution in [-0.4, -0.2) is 75.2 Å². The molecule has 2 aromatic rings. The van der Waals surface area contributed by atoms with Crippen LogP contribution in [0.2, 0.25) is 0 Å². The molecule has 3 rings (SSSR count). The Kier molecular flexibility index (Phi) is 9.07. The number of halogens is 3. The van der Waals surface area contributed by atoms with Crippen molar-refractivity contribution in [2.75, 3.05) is 38.2 Å². The number of alkyl halides is 3. The second-order valence-corrected chi connectivity index (χ2v) is 8.23. The maximum Gasteiger partial charge on any atom is 0.490 e. The zero-order valence-electron chi connectivity index (χ0n) is 20.5. The SMILES string of the molecule is COC(=O)C(C)n1c(=O)c2c(nc(N3CCNCC3)n2CC=C(C)C)n(C)c1=O.O=C(O)C(F)(F)F. The summed E-state index contributed by atoms with van der Waals surface area (Å²) >= 11 is 0. The first-order chi connectivity index (χ1) is 16.7. The number of hydrogen-bond donors (Lipinski definition) is 2. The number of anilines is 1. The fourth-order valence-electron chi connectivity index (χ4n) is 3.50. The Bertz CT molecular complexity index is 1270. The lowest BCUT2D eigenvalue weighted by atomic mass is 10.3. The Morgan fingerprint density at radius 2 is 1.78 bits per heavy atom. The van der Waals surface area contributed by atoms with Gasteiger partial charge in [0, 0.05) is 39.8 Å². The van der Waals surface area contributed by atoms with E-state index >= 15 is 0 Å². The fraction of sp³-hybridized carbons (Fsp3) is 0.571. The number of piperazine rings is 1. The van der Waals surface area contributed by atoms with Crippen molar-refractivity contribution >= 4 is 29.1 Å². The average molecular weight is 518 g/mol. The summed E-state index contributed by atoms with van der Waals surface area (Å²) in [5, 5.41) is 10.4. The summed E-state index contributed by atoms with van der Waals surface area (Å²) in [4.78, 5) is 53.9. The summed E-state index contributed by atoms with van der Waals surface area (Å²) in [6, 6.07) is -1.04. The smallest absolute Gasteiger partial charge is 0.475 e. The lowest BCUT2D eigenvalue weighted by Crippen LogP contribution is -2.45. The van der Waals surface area contributed by atoms with Crippen LogP contribution in [-0.2, 0) is 27.9 Å². The van der Waals surface area contributed by atoms with Gasteiger partial charge in [-0.2, -0.15) is 18.2 Å². The van der Waals surface area contributed by atoms with E-state index in [4.69, 9.17) is 14.6 Å². The third-order valence-corrected chi connectivity index (χ3v) is 5.42. The van der Waals surface area contributed by atoms with Crippen molar-refractivity contribution in [3.8, 4) is 0 Å². The third-order valence-electron chi connectivity index (χ3n) is 5.42. The van der Waals surface area contributed by atoms with Crippen LogP contribution in [0, 0.1) is 0 Å². The molecule has 3 heterocycles. The predicted molar refractivity (Wildman–Crippen MR) is 124 cm³/mol. The van der Waals surface area contributed by atoms with Crippen LogP contribution in [0.5, 0.6) is 0 Å². The Balaban J connectivity index is 0.000000572. The minimum atomic E-state index is -5.08. The van der Waals surface area contributed by atoms with Gasteiger partial charge in [0.1, 0.15) is 6.04 Å². The molecule has 200 valence electrons. The fourth-order valence-corrected chi connectivity index (χ4v) is 3.50. The van der Waals surface area contributed by atoms with Gasteiger partial charge in [-0.3, -0.25) is 9.36 Å². The van der Waals surface area contributed by atoms with Gasteiger partial charge in [0.05, 0.1) is 7.11 Å². The summed E-state index contributed by atoms with van der Waals surface area (Å²) in [6.07, 6.45) is -3.08. The van der Waals surface area contributed by atoms with Crippen molar-refractivity contribution < 1.29 is 32.6 Å². The summed E-state index contributed by atoms with van der Waals surface area (Å²) in [5.74, 6) is -2.76. The molecule has 0 saturated carbocycles. The van der Waals surface area contributed by atoms with Gasteiger partial charge in [-0.1, -0.05) is 11.6 Å². The lowest BCUT2D eigenvalue weighted by Gasteiger charge is -2.28. The number of carbonyl (C=O) groups is 2. The number of hydrogen-bond acceptors (Lipinski definition) is 8. The molecule has 0 spiro atoms. The van der Waals surface area contributed by atoms with Crippen molar-refractivity contribution in [2.45, 2.75) is 39.5 Å². The first kappa shape index (κ1) is 28.6. The van der Waals surface area contributed by atoms with Crippen molar-refractivity contribution in [2.24, 2.45) is 7.05 Å². The van der Waals surface area contributed by atoms with Gasteiger partial charge in [-0.05, 0) is 20.8 Å². The molecule has 0 amide bonds. The van der Waals surface area contributed by atoms with Crippen LogP contribution in [0.1, 0.15) is 26.8 Å². The van der Waals surface area contributed by atoms with Crippen molar-refractivity contribution in [3.63, 3.8) is 0 Å². The number of fused-ring (bicyclic) bond motifs is 1. The molecular weight excluding hydrogens is 489 g/mol. The molecule has 1 aliphatic heterocycles. The number of imidazole rings is 1. The van der Waals surface area contributed by atoms with Crippen molar-refractivity contribution in [3.05, 3.63) is 32.5 Å². The zero-order valence-corrected chi connectivity index (χ0v) is 20.5. The minimum absolute atomic E-state index is 0.300. The number of nitrogens with zero attached hydrogens (tertiary/aromatic N) is 5. The number of aryl methyl sites for hydroxylation is 1. The third kappa shape index (κ3) is 6.13. The number of methoxy groups -OCH3 is 1. The molecule has 1 aliphatic rings. The van der Waals surface area contributed by atoms with Crippen LogP contribution in [0.15, 0.2) is 21.2 Å². The molecule has 0 aliphatic carbocycles. The van der Waals surface area contributed by atoms with Gasteiger partial charge < -0.3 is 24.6 Å². The zero-order chi connectivity index (χ0) is 27.4. The van der Waals surface area contributed by atoms with Gasteiger partial charge in [-0.25, -0.2) is 19.0 Å². The van der Waals surface area contributed by atoms with E-state index in [0.29, 0.717) is 23.7 Å². The standard InChI is InChI=1S/C19H28N6O4.C2HF3O2/c1-12(2)6-9-24-14-15(21-18(24)23-10-7-20-8-11-23)22(4)19(28)25(16(14)26)13(3)17(27)29-5;3-2(4,5)1(6)7/h6,13,20H,7-11H2,1-5H3;(H,6,7). The molecule has 0 aromatic carbocycles. The molecular formula is C21H29F3N6O6. The predicted octanol–water partition coefficient (Wildman–Crippen LogP) is 0.640. The van der Waals surface area contributed by atoms with Gasteiger partial charge in [0.25, 0.3) is 5.56 Å². The number of esters is 1. The summed E-state index contributed by atoms with van der Waals surface area (Å²) < 4.78 is 40.6. The Morgan fingerprint density at radius 3 is 2.25 bits per heavy atom. The van der Waals surface area contributed by atoms with E-state index in [-0.39, 0.29) is 0 Å². The highest BCUT2D eigenvalue weighted by Crippen LogP contribution is 2.21. The quantitative estimate of drug-likeness (QED) is 0.431. The van der Waals surface area contributed by atoms with Crippen LogP contribution in [0.3, 0.4) is 0 Å². The average Bonchev–Trinajstić information content (AvgIpc) is 3.21. The highest BCUT2D eigenvalue weighted by atomic mass is 19.4. The molecule has 1 saturated heterocycles. The molecule has 1 atom stereocenters. The summed E-state index contributed by atoms with van der Waals surface area (Å²) in [5.41, 5.74) is 0.570. The second-order valence-electron chi connectivity index (χ2n) is 8.23. The molecule has 15 heteroatoms. The normalized spacial score (nSPS) is 14.6. The van der Waals surface area contributed by atoms with E-state index in [1.165, 1.54) is 18.6 Å². The molecule has 12 nitrogen and oxygen atoms in total. The number of ether oxygens (including phenoxy) is 1. The molecule has 0 bridgehead atoms. The van der Waals surface area contributed by atoms with Crippen molar-refractivity contribution in [1.29, 1.82) is 0 Å². The van der Waals surface area contributed by atoms with E-state index in [1.807, 2.05) is 24.5 Å². The number of carboxylic acid groups (broad SMARTS) is 1. The molecule has 1 fully saturated rings. The number of rotatable bonds is 5. The number of aliphatic carboxylic acids is 1. The van der Waals surface area contributed by atoms with E-state index in [1.54, 1.807) is 7.05 Å². The van der Waals surface area contributed by atoms with Crippen LogP contribution >= 0.6 is 0 Å². The second kappa shape index (κ2) is 11.4. The largest absolute Gasteiger partial charge is 0.490 e. The monoisotopic (exact) mass is 518 g/mol. The van der Waals surface area contributed by atoms with Gasteiger partial charge in [0.2, 0.25) is 5.95 Å². The van der Waals surface area contributed by atoms with E-state index in [9.17, 15) is 27.6 Å². The van der Waals surface area contributed by atoms with E-state index < -0.39 is 35.4 Å². The van der Waals surface area contributed by atoms with Crippen LogP contribution in [0.25, 0.3) is 11.2 Å². The highest BCUT2D eigenvalue weighted by molar-refractivity contribution is 5.77. The first-order valence-electron chi connectivity index (χ1n) is 10.9. The van der Waals surface area contributed by atoms with Gasteiger partial charge in [-0.15, -0.1) is 0 Å². The topological polar surface area (TPSA) is 141 Å². The number of nitrogens with one attached hydrogen (secondary N) is 1. The number of allylic oxidation sites excluding steroid dienone is 2. The van der Waals surface area contributed by atoms with Gasteiger partial charge in [0.15, 0.2) is 11.2 Å². The maximum absolute atomic E-state index is 13.4. The number of aromatic nitrogens is 4. The Hall–Kier alpha value is -3.62. The van der Waals surface area contributed by atoms with E-state index in [0.717, 1.165) is 36.3 Å². The molecule has 1 unspecified atom stereocenters. The number of carboxylic acids is 1. The highest BCUT2D eigenvalue weighted by Gasteiger charge is 2.38. The maximum atomic E-state index is 13.4. The molecule has 36 heavy (non-hydrogen) atoms. The molecule has 2 aromatic heterocycles. The molecule has 0 radical (unpaired) electrons.